The minimum atomic E-state index is -0.342. The molecule has 2 atom stereocenters. The number of hydrogen-bond donors (Lipinski definition) is 0. The molecule has 0 saturated heterocycles. The van der Waals surface area contributed by atoms with Crippen LogP contribution in [0.4, 0.5) is 0 Å². The highest BCUT2D eigenvalue weighted by Crippen LogP contribution is 2.50. The number of halogens is 3. The number of benzene rings is 3. The zero-order valence-electron chi connectivity index (χ0n) is 14.6. The van der Waals surface area contributed by atoms with E-state index in [9.17, 15) is 0 Å². The van der Waals surface area contributed by atoms with Crippen molar-refractivity contribution >= 4 is 44.8 Å². The van der Waals surface area contributed by atoms with Crippen LogP contribution in [0.25, 0.3) is 0 Å². The van der Waals surface area contributed by atoms with Gasteiger partial charge < -0.3 is 4.74 Å². The van der Waals surface area contributed by atoms with Crippen molar-refractivity contribution in [3.63, 3.8) is 0 Å². The van der Waals surface area contributed by atoms with Crippen LogP contribution in [0, 0.1) is 0 Å². The first kappa shape index (κ1) is 18.0. The first-order valence-corrected chi connectivity index (χ1v) is 10.5. The van der Waals surface area contributed by atoms with Gasteiger partial charge >= 0.3 is 0 Å². The molecule has 0 fully saturated rings. The fourth-order valence-corrected chi connectivity index (χ4v) is 4.59. The quantitative estimate of drug-likeness (QED) is 0.400. The van der Waals surface area contributed by atoms with E-state index in [1.165, 1.54) is 0 Å². The van der Waals surface area contributed by atoms with E-state index in [0.29, 0.717) is 15.8 Å². The fraction of sp³-hybridized carbons (Fsp3) is 0.136. The molecule has 5 rings (SSSR count). The maximum atomic E-state index is 6.49. The van der Waals surface area contributed by atoms with E-state index in [0.717, 1.165) is 33.3 Å². The van der Waals surface area contributed by atoms with Gasteiger partial charge in [0.1, 0.15) is 5.75 Å². The molecule has 0 amide bonds. The summed E-state index contributed by atoms with van der Waals surface area (Å²) in [4.78, 5) is 0. The Labute approximate surface area is 181 Å². The van der Waals surface area contributed by atoms with Crippen molar-refractivity contribution in [2.24, 2.45) is 5.10 Å². The summed E-state index contributed by atoms with van der Waals surface area (Å²) in [6.45, 7) is 0. The molecule has 2 heterocycles. The van der Waals surface area contributed by atoms with Crippen LogP contribution in [0.5, 0.6) is 5.75 Å². The Morgan fingerprint density at radius 2 is 1.75 bits per heavy atom. The zero-order chi connectivity index (χ0) is 19.3. The molecule has 3 nitrogen and oxygen atoms in total. The molecular formula is C22H15BrCl2N2O. The number of ether oxygens (including phenoxy) is 1. The molecule has 3 aromatic carbocycles. The maximum Gasteiger partial charge on any atom is 0.213 e. The third kappa shape index (κ3) is 3.10. The van der Waals surface area contributed by atoms with Gasteiger partial charge in [-0.3, -0.25) is 0 Å². The standard InChI is InChI=1S/C22H15BrCl2N2O/c23-15-8-6-13(7-9-15)19-12-20-17-10-16(24)11-18(25)21(17)28-22(27(20)26-19)14-4-2-1-3-5-14/h1-11,20,22H,12H2/t20-,22-/m1/s1. The van der Waals surface area contributed by atoms with Gasteiger partial charge in [0.25, 0.3) is 0 Å². The van der Waals surface area contributed by atoms with Gasteiger partial charge in [0.05, 0.1) is 16.8 Å². The molecule has 0 N–H and O–H groups in total. The molecule has 0 saturated carbocycles. The van der Waals surface area contributed by atoms with Crippen LogP contribution in [0.3, 0.4) is 0 Å². The molecule has 140 valence electrons. The number of hydrazone groups is 1. The van der Waals surface area contributed by atoms with Crippen molar-refractivity contribution in [1.29, 1.82) is 0 Å². The third-order valence-electron chi connectivity index (χ3n) is 5.07. The van der Waals surface area contributed by atoms with E-state index >= 15 is 0 Å². The van der Waals surface area contributed by atoms with Crippen LogP contribution in [0.2, 0.25) is 10.0 Å². The lowest BCUT2D eigenvalue weighted by Crippen LogP contribution is -2.33. The molecule has 2 aliphatic rings. The SMILES string of the molecule is Clc1cc(Cl)c2c(c1)[C@H]1CC(c3ccc(Br)cc3)=NN1[C@@H](c1ccccc1)O2. The van der Waals surface area contributed by atoms with Crippen LogP contribution in [0.1, 0.15) is 35.4 Å². The van der Waals surface area contributed by atoms with Crippen LogP contribution in [-0.2, 0) is 0 Å². The normalized spacial score (nSPS) is 20.2. The van der Waals surface area contributed by atoms with Crippen molar-refractivity contribution in [3.05, 3.63) is 97.9 Å². The number of hydrogen-bond acceptors (Lipinski definition) is 3. The molecule has 0 aromatic heterocycles. The van der Waals surface area contributed by atoms with Gasteiger partial charge in [-0.2, -0.15) is 5.10 Å². The first-order valence-electron chi connectivity index (χ1n) is 8.92. The van der Waals surface area contributed by atoms with E-state index in [-0.39, 0.29) is 12.3 Å². The van der Waals surface area contributed by atoms with Gasteiger partial charge in [-0.05, 0) is 29.8 Å². The summed E-state index contributed by atoms with van der Waals surface area (Å²) in [5.41, 5.74) is 4.12. The zero-order valence-corrected chi connectivity index (χ0v) is 17.7. The van der Waals surface area contributed by atoms with Gasteiger partial charge in [-0.1, -0.05) is 81.6 Å². The Kier molecular flexibility index (Phi) is 4.58. The lowest BCUT2D eigenvalue weighted by Gasteiger charge is -2.38. The second kappa shape index (κ2) is 7.11. The predicted molar refractivity (Wildman–Crippen MR) is 116 cm³/mol. The van der Waals surface area contributed by atoms with Crippen LogP contribution in [0.15, 0.2) is 76.3 Å². The summed E-state index contributed by atoms with van der Waals surface area (Å²) in [5, 5.41) is 8.11. The van der Waals surface area contributed by atoms with Crippen molar-refractivity contribution in [1.82, 2.24) is 5.01 Å². The van der Waals surface area contributed by atoms with E-state index < -0.39 is 0 Å². The van der Waals surface area contributed by atoms with Gasteiger partial charge in [0, 0.05) is 27.0 Å². The fourth-order valence-electron chi connectivity index (χ4n) is 3.77. The van der Waals surface area contributed by atoms with E-state index in [2.05, 4.69) is 28.1 Å². The summed E-state index contributed by atoms with van der Waals surface area (Å²) in [5.74, 6) is 0.688. The average molecular weight is 474 g/mol. The number of nitrogens with zero attached hydrogens (tertiary/aromatic N) is 2. The Hall–Kier alpha value is -2.01. The lowest BCUT2D eigenvalue weighted by atomic mass is 9.96. The predicted octanol–water partition coefficient (Wildman–Crippen LogP) is 7.00. The molecule has 0 unspecified atom stereocenters. The topological polar surface area (TPSA) is 24.8 Å². The number of fused-ring (bicyclic) bond motifs is 3. The van der Waals surface area contributed by atoms with Crippen LogP contribution >= 0.6 is 39.1 Å². The highest BCUT2D eigenvalue weighted by atomic mass is 79.9. The molecule has 0 bridgehead atoms. The van der Waals surface area contributed by atoms with Gasteiger partial charge in [0.2, 0.25) is 6.23 Å². The molecular weight excluding hydrogens is 459 g/mol. The second-order valence-corrected chi connectivity index (χ2v) is 8.60. The van der Waals surface area contributed by atoms with Crippen LogP contribution in [-0.4, -0.2) is 10.7 Å². The summed E-state index contributed by atoms with van der Waals surface area (Å²) < 4.78 is 7.39. The van der Waals surface area contributed by atoms with Crippen molar-refractivity contribution in [2.75, 3.05) is 0 Å². The van der Waals surface area contributed by atoms with E-state index in [1.54, 1.807) is 6.07 Å². The minimum Gasteiger partial charge on any atom is -0.463 e. The average Bonchev–Trinajstić information content (AvgIpc) is 3.14. The van der Waals surface area contributed by atoms with Crippen molar-refractivity contribution in [3.8, 4) is 5.75 Å². The first-order chi connectivity index (χ1) is 13.6. The highest BCUT2D eigenvalue weighted by molar-refractivity contribution is 9.10. The third-order valence-corrected chi connectivity index (χ3v) is 6.10. The largest absolute Gasteiger partial charge is 0.463 e. The van der Waals surface area contributed by atoms with E-state index in [1.807, 2.05) is 53.5 Å². The van der Waals surface area contributed by atoms with Crippen molar-refractivity contribution < 1.29 is 4.74 Å². The number of rotatable bonds is 2. The Morgan fingerprint density at radius 3 is 2.50 bits per heavy atom. The molecule has 0 radical (unpaired) electrons. The molecule has 0 spiro atoms. The molecule has 0 aliphatic carbocycles. The van der Waals surface area contributed by atoms with Gasteiger partial charge in [-0.15, -0.1) is 0 Å². The summed E-state index contributed by atoms with van der Waals surface area (Å²) in [7, 11) is 0. The van der Waals surface area contributed by atoms with Gasteiger partial charge in [-0.25, -0.2) is 5.01 Å². The summed E-state index contributed by atoms with van der Waals surface area (Å²) in [6.07, 6.45) is 0.420. The van der Waals surface area contributed by atoms with Gasteiger partial charge in [0.15, 0.2) is 0 Å². The lowest BCUT2D eigenvalue weighted by molar-refractivity contribution is -0.0189. The highest BCUT2D eigenvalue weighted by Gasteiger charge is 2.41. The Morgan fingerprint density at radius 1 is 1.00 bits per heavy atom. The van der Waals surface area contributed by atoms with Crippen LogP contribution < -0.4 is 4.74 Å². The maximum absolute atomic E-state index is 6.49. The summed E-state index contributed by atoms with van der Waals surface area (Å²) in [6, 6.07) is 22.0. The second-order valence-electron chi connectivity index (χ2n) is 6.84. The monoisotopic (exact) mass is 472 g/mol. The molecule has 6 heteroatoms. The molecule has 3 aromatic rings. The smallest absolute Gasteiger partial charge is 0.213 e. The molecule has 28 heavy (non-hydrogen) atoms. The molecule has 2 aliphatic heterocycles. The minimum absolute atomic E-state index is 0.0174. The summed E-state index contributed by atoms with van der Waals surface area (Å²) >= 11 is 16.3. The Balaban J connectivity index is 1.63. The van der Waals surface area contributed by atoms with E-state index in [4.69, 9.17) is 33.0 Å². The van der Waals surface area contributed by atoms with Crippen molar-refractivity contribution in [2.45, 2.75) is 18.7 Å². The Bertz CT molecular complexity index is 1070.